The average Bonchev–Trinajstić information content (AvgIpc) is 2.51. The van der Waals surface area contributed by atoms with Gasteiger partial charge < -0.3 is 10.4 Å². The number of aliphatic hydroxyl groups is 1. The van der Waals surface area contributed by atoms with Gasteiger partial charge in [0.15, 0.2) is 0 Å². The third-order valence-corrected chi connectivity index (χ3v) is 4.58. The Labute approximate surface area is 107 Å². The van der Waals surface area contributed by atoms with Crippen LogP contribution in [-0.2, 0) is 9.59 Å². The number of hydrogen-bond acceptors (Lipinski definition) is 4. The van der Waals surface area contributed by atoms with Gasteiger partial charge in [-0.25, -0.2) is 0 Å². The predicted octanol–water partition coefficient (Wildman–Crippen LogP) is 1.18. The Balaban J connectivity index is 2.99. The molecule has 0 aromatic rings. The van der Waals surface area contributed by atoms with Gasteiger partial charge in [-0.2, -0.15) is 0 Å². The van der Waals surface area contributed by atoms with Crippen LogP contribution in [0.25, 0.3) is 0 Å². The molecule has 2 N–H and O–H groups in total. The highest BCUT2D eigenvalue weighted by molar-refractivity contribution is 8.13. The fraction of sp³-hybridized carbons (Fsp3) is 0.833. The van der Waals surface area contributed by atoms with Crippen molar-refractivity contribution < 1.29 is 14.7 Å². The third kappa shape index (κ3) is 2.36. The molecule has 1 fully saturated rings. The zero-order valence-corrected chi connectivity index (χ0v) is 11.6. The Kier molecular flexibility index (Phi) is 4.61. The summed E-state index contributed by atoms with van der Waals surface area (Å²) in [5, 5.41) is 12.8. The minimum Gasteiger partial charge on any atom is -0.389 e. The van der Waals surface area contributed by atoms with E-state index in [0.29, 0.717) is 5.75 Å². The lowest BCUT2D eigenvalue weighted by atomic mass is 9.81. The number of rotatable bonds is 4. The first-order chi connectivity index (χ1) is 7.87. The van der Waals surface area contributed by atoms with Crippen LogP contribution >= 0.6 is 11.8 Å². The van der Waals surface area contributed by atoms with E-state index in [9.17, 15) is 14.7 Å². The Morgan fingerprint density at radius 1 is 1.59 bits per heavy atom. The molecular weight excluding hydrogens is 238 g/mol. The topological polar surface area (TPSA) is 66.4 Å². The average molecular weight is 259 g/mol. The van der Waals surface area contributed by atoms with Gasteiger partial charge in [-0.15, -0.1) is 0 Å². The molecule has 1 amide bonds. The lowest BCUT2D eigenvalue weighted by Gasteiger charge is -2.34. The molecule has 4 nitrogen and oxygen atoms in total. The van der Waals surface area contributed by atoms with Crippen LogP contribution in [0.3, 0.4) is 0 Å². The second-order valence-corrected chi connectivity index (χ2v) is 5.95. The maximum Gasteiger partial charge on any atom is 0.226 e. The number of nitrogens with one attached hydrogen (secondary N) is 1. The van der Waals surface area contributed by atoms with Gasteiger partial charge in [0.1, 0.15) is 5.54 Å². The highest BCUT2D eigenvalue weighted by atomic mass is 32.2. The number of carbonyl (C=O) groups is 2. The van der Waals surface area contributed by atoms with Crippen molar-refractivity contribution in [2.75, 3.05) is 5.75 Å². The van der Waals surface area contributed by atoms with E-state index in [1.807, 2.05) is 20.8 Å². The van der Waals surface area contributed by atoms with Crippen LogP contribution in [0.5, 0.6) is 0 Å². The molecule has 0 radical (unpaired) electrons. The molecule has 0 aromatic carbocycles. The maximum atomic E-state index is 12.3. The largest absolute Gasteiger partial charge is 0.389 e. The number of hydrogen-bond donors (Lipinski definition) is 2. The lowest BCUT2D eigenvalue weighted by Crippen LogP contribution is -2.58. The van der Waals surface area contributed by atoms with Gasteiger partial charge in [-0.1, -0.05) is 39.5 Å². The molecule has 1 rings (SSSR count). The van der Waals surface area contributed by atoms with Crippen LogP contribution in [0, 0.1) is 11.8 Å². The van der Waals surface area contributed by atoms with Crippen molar-refractivity contribution in [3.8, 4) is 0 Å². The van der Waals surface area contributed by atoms with Crippen molar-refractivity contribution in [3.05, 3.63) is 0 Å². The Morgan fingerprint density at radius 3 is 2.53 bits per heavy atom. The van der Waals surface area contributed by atoms with Crippen LogP contribution in [0.4, 0.5) is 0 Å². The van der Waals surface area contributed by atoms with Gasteiger partial charge in [0.25, 0.3) is 0 Å². The molecule has 98 valence electrons. The van der Waals surface area contributed by atoms with E-state index in [2.05, 4.69) is 5.32 Å². The molecule has 1 saturated heterocycles. The van der Waals surface area contributed by atoms with Crippen molar-refractivity contribution in [2.45, 2.75) is 45.8 Å². The summed E-state index contributed by atoms with van der Waals surface area (Å²) in [5.41, 5.74) is -1.11. The van der Waals surface area contributed by atoms with Gasteiger partial charge in [0.2, 0.25) is 11.0 Å². The SMILES string of the molecule is CCCSC(=O)[C@]1(C(C)C)NC(=O)[C@H](C)[C@@H]1O. The van der Waals surface area contributed by atoms with Crippen LogP contribution in [0.15, 0.2) is 0 Å². The molecule has 5 heteroatoms. The van der Waals surface area contributed by atoms with Gasteiger partial charge in [-0.05, 0) is 12.3 Å². The summed E-state index contributed by atoms with van der Waals surface area (Å²) in [6.07, 6.45) is -0.0451. The van der Waals surface area contributed by atoms with Crippen LogP contribution in [-0.4, -0.2) is 33.5 Å². The highest BCUT2D eigenvalue weighted by Gasteiger charge is 2.57. The quantitative estimate of drug-likeness (QED) is 0.795. The van der Waals surface area contributed by atoms with Crippen LogP contribution in [0.1, 0.15) is 34.1 Å². The van der Waals surface area contributed by atoms with E-state index in [4.69, 9.17) is 0 Å². The summed E-state index contributed by atoms with van der Waals surface area (Å²) >= 11 is 1.20. The number of aliphatic hydroxyl groups excluding tert-OH is 1. The highest BCUT2D eigenvalue weighted by Crippen LogP contribution is 2.36. The summed E-state index contributed by atoms with van der Waals surface area (Å²) in [7, 11) is 0. The van der Waals surface area contributed by atoms with E-state index in [0.717, 1.165) is 6.42 Å². The molecule has 3 atom stereocenters. The molecule has 0 aliphatic carbocycles. The fourth-order valence-electron chi connectivity index (χ4n) is 2.14. The maximum absolute atomic E-state index is 12.3. The molecule has 17 heavy (non-hydrogen) atoms. The Bertz CT molecular complexity index is 319. The Hall–Kier alpha value is -0.550. The molecule has 1 aliphatic rings. The van der Waals surface area contributed by atoms with E-state index < -0.39 is 17.6 Å². The molecule has 0 spiro atoms. The summed E-state index contributed by atoms with van der Waals surface area (Å²) in [4.78, 5) is 23.9. The zero-order chi connectivity index (χ0) is 13.2. The van der Waals surface area contributed by atoms with Crippen molar-refractivity contribution >= 4 is 22.8 Å². The second kappa shape index (κ2) is 5.40. The predicted molar refractivity (Wildman–Crippen MR) is 68.6 cm³/mol. The van der Waals surface area contributed by atoms with Crippen molar-refractivity contribution in [2.24, 2.45) is 11.8 Å². The number of carbonyl (C=O) groups excluding carboxylic acids is 2. The minimum absolute atomic E-state index is 0.122. The molecule has 0 saturated carbocycles. The van der Waals surface area contributed by atoms with Crippen LogP contribution < -0.4 is 5.32 Å². The summed E-state index contributed by atoms with van der Waals surface area (Å²) < 4.78 is 0. The molecule has 0 unspecified atom stereocenters. The number of thioether (sulfide) groups is 1. The van der Waals surface area contributed by atoms with E-state index in [-0.39, 0.29) is 16.9 Å². The molecular formula is C12H21NO3S. The fourth-order valence-corrected chi connectivity index (χ4v) is 3.17. The summed E-state index contributed by atoms with van der Waals surface area (Å²) in [5.74, 6) is -0.173. The van der Waals surface area contributed by atoms with Crippen molar-refractivity contribution in [1.82, 2.24) is 5.32 Å². The van der Waals surface area contributed by atoms with Crippen molar-refractivity contribution in [3.63, 3.8) is 0 Å². The second-order valence-electron chi connectivity index (χ2n) is 4.88. The van der Waals surface area contributed by atoms with Gasteiger partial charge in [-0.3, -0.25) is 9.59 Å². The first-order valence-corrected chi connectivity index (χ1v) is 7.03. The standard InChI is InChI=1S/C12H21NO3S/c1-5-6-17-11(16)12(7(2)3)9(14)8(4)10(15)13-12/h7-9,14H,5-6H2,1-4H3,(H,13,15)/t8-,9+,12-/m1/s1. The minimum atomic E-state index is -1.11. The van der Waals surface area contributed by atoms with Crippen molar-refractivity contribution in [1.29, 1.82) is 0 Å². The molecule has 0 aromatic heterocycles. The van der Waals surface area contributed by atoms with Gasteiger partial charge in [0, 0.05) is 5.75 Å². The number of amides is 1. The van der Waals surface area contributed by atoms with Gasteiger partial charge >= 0.3 is 0 Å². The van der Waals surface area contributed by atoms with E-state index in [1.54, 1.807) is 6.92 Å². The van der Waals surface area contributed by atoms with Crippen LogP contribution in [0.2, 0.25) is 0 Å². The van der Waals surface area contributed by atoms with E-state index in [1.165, 1.54) is 11.8 Å². The normalized spacial score (nSPS) is 32.9. The summed E-state index contributed by atoms with van der Waals surface area (Å²) in [6, 6.07) is 0. The van der Waals surface area contributed by atoms with E-state index >= 15 is 0 Å². The lowest BCUT2D eigenvalue weighted by molar-refractivity contribution is -0.125. The smallest absolute Gasteiger partial charge is 0.226 e. The molecule has 0 bridgehead atoms. The monoisotopic (exact) mass is 259 g/mol. The Morgan fingerprint density at radius 2 is 2.18 bits per heavy atom. The molecule has 1 aliphatic heterocycles. The third-order valence-electron chi connectivity index (χ3n) is 3.37. The first-order valence-electron chi connectivity index (χ1n) is 6.05. The summed E-state index contributed by atoms with van der Waals surface area (Å²) in [6.45, 7) is 7.36. The zero-order valence-electron chi connectivity index (χ0n) is 10.8. The molecule has 1 heterocycles. The van der Waals surface area contributed by atoms with Gasteiger partial charge in [0.05, 0.1) is 12.0 Å². The first kappa shape index (κ1) is 14.5.